The first-order chi connectivity index (χ1) is 11.3. The molecule has 136 valence electrons. The number of benzene rings is 2. The molecule has 0 aliphatic carbocycles. The lowest BCUT2D eigenvalue weighted by atomic mass is 10.1. The first-order valence-corrected chi connectivity index (χ1v) is 13.1. The Morgan fingerprint density at radius 3 is 1.28 bits per heavy atom. The van der Waals surface area contributed by atoms with E-state index >= 15 is 0 Å². The van der Waals surface area contributed by atoms with Gasteiger partial charge in [0.15, 0.2) is 4.29 Å². The van der Waals surface area contributed by atoms with Crippen molar-refractivity contribution >= 4 is 105 Å². The van der Waals surface area contributed by atoms with E-state index in [1.807, 2.05) is 12.1 Å². The summed E-state index contributed by atoms with van der Waals surface area (Å²) in [6.07, 6.45) is 0. The zero-order valence-corrected chi connectivity index (χ0v) is 23.3. The van der Waals surface area contributed by atoms with Crippen molar-refractivity contribution in [2.24, 2.45) is 0 Å². The van der Waals surface area contributed by atoms with E-state index in [9.17, 15) is 8.42 Å². The molecule has 0 amide bonds. The number of rotatable bonds is 2. The minimum absolute atomic E-state index is 0.257. The van der Waals surface area contributed by atoms with Crippen LogP contribution in [0.5, 0.6) is 0 Å². The topological polar surface area (TPSA) is 34.1 Å². The number of aryl methyl sites for hydroxylation is 2. The minimum atomic E-state index is -3.81. The highest BCUT2D eigenvalue weighted by molar-refractivity contribution is 9.39. The van der Waals surface area contributed by atoms with Gasteiger partial charge in [-0.15, -0.1) is 0 Å². The van der Waals surface area contributed by atoms with Gasteiger partial charge in [-0.1, -0.05) is 132 Å². The van der Waals surface area contributed by atoms with Gasteiger partial charge >= 0.3 is 0 Å². The number of hydrogen-bond donors (Lipinski definition) is 0. The van der Waals surface area contributed by atoms with Crippen LogP contribution in [0.25, 0.3) is 0 Å². The summed E-state index contributed by atoms with van der Waals surface area (Å²) in [5, 5.41) is 0. The highest BCUT2D eigenvalue weighted by Gasteiger charge is 2.37. The molecule has 0 fully saturated rings. The Bertz CT molecular complexity index is 842. The molecule has 2 rings (SSSR count). The number of hydrogen-bond acceptors (Lipinski definition) is 2. The van der Waals surface area contributed by atoms with E-state index in [2.05, 4.69) is 95.6 Å². The fraction of sp³-hybridized carbons (Fsp3) is 0.250. The molecule has 0 spiro atoms. The maximum Gasteiger partial charge on any atom is 0.207 e. The molecular weight excluding hydrogens is 736 g/mol. The smallest absolute Gasteiger partial charge is 0.207 e. The largest absolute Gasteiger partial charge is 0.218 e. The minimum Gasteiger partial charge on any atom is -0.218 e. The molecule has 0 aliphatic rings. The van der Waals surface area contributed by atoms with Crippen LogP contribution in [0.15, 0.2) is 46.2 Å². The molecule has 0 atom stereocenters. The fourth-order valence-electron chi connectivity index (χ4n) is 2.57. The SMILES string of the molecule is Cc1cccc(C(Br)(Br)Br)c1S(=O)(=O)c1c(C)cccc1C(Br)(Br)Br. The maximum absolute atomic E-state index is 13.7. The van der Waals surface area contributed by atoms with Gasteiger partial charge in [0.05, 0.1) is 9.79 Å². The van der Waals surface area contributed by atoms with E-state index in [1.54, 1.807) is 38.1 Å². The third-order valence-electron chi connectivity index (χ3n) is 3.57. The number of sulfone groups is 1. The molecule has 0 radical (unpaired) electrons. The first kappa shape index (κ1) is 22.6. The van der Waals surface area contributed by atoms with Gasteiger partial charge in [-0.3, -0.25) is 0 Å². The van der Waals surface area contributed by atoms with E-state index in [4.69, 9.17) is 0 Å². The molecule has 2 nitrogen and oxygen atoms in total. The Kier molecular flexibility index (Phi) is 7.17. The molecule has 0 unspecified atom stereocenters. The van der Waals surface area contributed by atoms with Gasteiger partial charge < -0.3 is 0 Å². The Morgan fingerprint density at radius 1 is 0.680 bits per heavy atom. The highest BCUT2D eigenvalue weighted by atomic mass is 80.0. The van der Waals surface area contributed by atoms with Gasteiger partial charge in [0.25, 0.3) is 0 Å². The van der Waals surface area contributed by atoms with Crippen molar-refractivity contribution in [3.8, 4) is 0 Å². The van der Waals surface area contributed by atoms with Gasteiger partial charge in [0.2, 0.25) is 9.84 Å². The fourth-order valence-corrected chi connectivity index (χ4v) is 7.55. The second-order valence-electron chi connectivity index (χ2n) is 5.40. The average Bonchev–Trinajstić information content (AvgIpc) is 2.44. The summed E-state index contributed by atoms with van der Waals surface area (Å²) in [4.78, 5) is 0.515. The van der Waals surface area contributed by atoms with Crippen molar-refractivity contribution in [3.05, 3.63) is 58.7 Å². The molecule has 2 aromatic carbocycles. The molecule has 0 saturated heterocycles. The quantitative estimate of drug-likeness (QED) is 0.295. The molecule has 0 aliphatic heterocycles. The summed E-state index contributed by atoms with van der Waals surface area (Å²) in [5.74, 6) is 0. The zero-order valence-electron chi connectivity index (χ0n) is 13.0. The lowest BCUT2D eigenvalue weighted by Crippen LogP contribution is -2.17. The summed E-state index contributed by atoms with van der Waals surface area (Å²) in [6.45, 7) is 3.58. The van der Waals surface area contributed by atoms with Crippen molar-refractivity contribution in [2.45, 2.75) is 27.9 Å². The molecule has 0 heterocycles. The Morgan fingerprint density at radius 2 is 1.00 bits per heavy atom. The number of alkyl halides is 6. The third-order valence-corrected chi connectivity index (χ3v) is 8.29. The van der Waals surface area contributed by atoms with Gasteiger partial charge in [-0.05, 0) is 25.0 Å². The van der Waals surface area contributed by atoms with Gasteiger partial charge in [-0.2, -0.15) is 0 Å². The monoisotopic (exact) mass is 742 g/mol. The highest BCUT2D eigenvalue weighted by Crippen LogP contribution is 2.51. The average molecular weight is 748 g/mol. The van der Waals surface area contributed by atoms with Gasteiger partial charge in [-0.25, -0.2) is 8.42 Å². The predicted octanol–water partition coefficient (Wildman–Crippen LogP) is 7.73. The van der Waals surface area contributed by atoms with Crippen molar-refractivity contribution in [2.75, 3.05) is 0 Å². The lowest BCUT2D eigenvalue weighted by Gasteiger charge is -2.23. The standard InChI is InChI=1S/C16H12Br6O2S/c1-9-5-3-7-11(15(17,18)19)13(9)25(23,24)14-10(2)6-4-8-12(14)16(20,21)22/h3-8H,1-2H3. The first-order valence-electron chi connectivity index (χ1n) is 6.86. The van der Waals surface area contributed by atoms with E-state index in [-0.39, 0.29) is 9.79 Å². The molecule has 2 aromatic rings. The Labute approximate surface area is 198 Å². The van der Waals surface area contributed by atoms with Crippen molar-refractivity contribution in [1.82, 2.24) is 0 Å². The van der Waals surface area contributed by atoms with Crippen molar-refractivity contribution < 1.29 is 8.42 Å². The van der Waals surface area contributed by atoms with Crippen LogP contribution in [0.3, 0.4) is 0 Å². The summed E-state index contributed by atoms with van der Waals surface area (Å²) in [5.41, 5.74) is 2.48. The van der Waals surface area contributed by atoms with Crippen LogP contribution >= 0.6 is 95.6 Å². The molecule has 0 aromatic heterocycles. The number of halogens is 6. The molecule has 9 heteroatoms. The summed E-state index contributed by atoms with van der Waals surface area (Å²) in [7, 11) is -3.81. The Hall–Kier alpha value is 1.27. The van der Waals surface area contributed by atoms with E-state index in [1.165, 1.54) is 0 Å². The third kappa shape index (κ3) is 4.82. The molecular formula is C16H12Br6O2S. The second kappa shape index (κ2) is 7.95. The van der Waals surface area contributed by atoms with E-state index in [0.717, 1.165) is 0 Å². The van der Waals surface area contributed by atoms with Crippen LogP contribution in [0.1, 0.15) is 22.3 Å². The molecule has 0 bridgehead atoms. The summed E-state index contributed by atoms with van der Waals surface area (Å²) < 4.78 is 25.7. The van der Waals surface area contributed by atoms with Crippen LogP contribution in [0.2, 0.25) is 0 Å². The second-order valence-corrected chi connectivity index (χ2v) is 20.7. The maximum atomic E-state index is 13.7. The van der Waals surface area contributed by atoms with Crippen LogP contribution in [-0.4, -0.2) is 8.42 Å². The Balaban J connectivity index is 2.93. The van der Waals surface area contributed by atoms with Gasteiger partial charge in [0, 0.05) is 11.1 Å². The zero-order chi connectivity index (χ0) is 19.2. The predicted molar refractivity (Wildman–Crippen MR) is 125 cm³/mol. The van der Waals surface area contributed by atoms with Gasteiger partial charge in [0.1, 0.15) is 0 Å². The van der Waals surface area contributed by atoms with Crippen LogP contribution in [0, 0.1) is 13.8 Å². The molecule has 0 N–H and O–H groups in total. The van der Waals surface area contributed by atoms with Crippen LogP contribution < -0.4 is 0 Å². The lowest BCUT2D eigenvalue weighted by molar-refractivity contribution is 0.593. The summed E-state index contributed by atoms with van der Waals surface area (Å²) in [6, 6.07) is 10.8. The van der Waals surface area contributed by atoms with Crippen molar-refractivity contribution in [1.29, 1.82) is 0 Å². The molecule has 0 saturated carbocycles. The molecule has 25 heavy (non-hydrogen) atoms. The van der Waals surface area contributed by atoms with Crippen LogP contribution in [-0.2, 0) is 14.1 Å². The van der Waals surface area contributed by atoms with E-state index in [0.29, 0.717) is 22.3 Å². The van der Waals surface area contributed by atoms with Crippen LogP contribution in [0.4, 0.5) is 0 Å². The normalized spacial score (nSPS) is 13.1. The summed E-state index contributed by atoms with van der Waals surface area (Å²) >= 11 is 20.7. The van der Waals surface area contributed by atoms with E-state index < -0.39 is 14.1 Å². The van der Waals surface area contributed by atoms with Crippen molar-refractivity contribution in [3.63, 3.8) is 0 Å².